The number of sulfone groups is 1. The first-order valence-electron chi connectivity index (χ1n) is 6.24. The van der Waals surface area contributed by atoms with Crippen molar-refractivity contribution in [1.82, 2.24) is 5.32 Å². The molecule has 0 aliphatic carbocycles. The second kappa shape index (κ2) is 6.19. The van der Waals surface area contributed by atoms with E-state index in [0.717, 1.165) is 5.56 Å². The number of nitro groups is 1. The number of nitro benzene ring substituents is 1. The van der Waals surface area contributed by atoms with Gasteiger partial charge in [-0.1, -0.05) is 6.07 Å². The molecule has 0 bridgehead atoms. The van der Waals surface area contributed by atoms with Crippen molar-refractivity contribution in [2.45, 2.75) is 25.4 Å². The number of benzene rings is 1. The van der Waals surface area contributed by atoms with Gasteiger partial charge in [-0.3, -0.25) is 10.1 Å². The van der Waals surface area contributed by atoms with Gasteiger partial charge in [0.1, 0.15) is 9.84 Å². The first-order chi connectivity index (χ1) is 9.37. The Hall–Kier alpha value is -0.990. The average molecular weight is 363 g/mol. The third kappa shape index (κ3) is 4.00. The maximum absolute atomic E-state index is 11.3. The van der Waals surface area contributed by atoms with E-state index in [0.29, 0.717) is 23.9 Å². The molecule has 1 heterocycles. The monoisotopic (exact) mass is 362 g/mol. The molecule has 0 amide bonds. The van der Waals surface area contributed by atoms with Crippen molar-refractivity contribution >= 4 is 31.5 Å². The highest BCUT2D eigenvalue weighted by atomic mass is 79.9. The number of hydrogen-bond donors (Lipinski definition) is 1. The Morgan fingerprint density at radius 3 is 2.60 bits per heavy atom. The summed E-state index contributed by atoms with van der Waals surface area (Å²) >= 11 is 3.14. The smallest absolute Gasteiger partial charge is 0.283 e. The second-order valence-corrected chi connectivity index (χ2v) is 8.01. The van der Waals surface area contributed by atoms with Crippen LogP contribution in [0.5, 0.6) is 0 Å². The molecule has 1 fully saturated rings. The van der Waals surface area contributed by atoms with Crippen LogP contribution in [0, 0.1) is 10.1 Å². The van der Waals surface area contributed by atoms with Crippen molar-refractivity contribution in [1.29, 1.82) is 0 Å². The topological polar surface area (TPSA) is 89.3 Å². The maximum Gasteiger partial charge on any atom is 0.283 e. The van der Waals surface area contributed by atoms with Crippen LogP contribution in [0.2, 0.25) is 0 Å². The SMILES string of the molecule is O=[N+]([O-])c1cc(CNC2CCS(=O)(=O)CC2)ccc1Br. The summed E-state index contributed by atoms with van der Waals surface area (Å²) in [6.07, 6.45) is 1.20. The predicted octanol–water partition coefficient (Wildman–Crippen LogP) is 2.02. The van der Waals surface area contributed by atoms with Gasteiger partial charge in [-0.25, -0.2) is 8.42 Å². The fourth-order valence-corrected chi connectivity index (χ4v) is 4.05. The minimum absolute atomic E-state index is 0.0375. The quantitative estimate of drug-likeness (QED) is 0.653. The van der Waals surface area contributed by atoms with Gasteiger partial charge in [0.05, 0.1) is 20.9 Å². The number of halogens is 1. The zero-order valence-corrected chi connectivity index (χ0v) is 13.1. The molecule has 1 aliphatic heterocycles. The van der Waals surface area contributed by atoms with Crippen molar-refractivity contribution in [2.75, 3.05) is 11.5 Å². The second-order valence-electron chi connectivity index (χ2n) is 4.85. The van der Waals surface area contributed by atoms with Crippen LogP contribution in [0.15, 0.2) is 22.7 Å². The van der Waals surface area contributed by atoms with Gasteiger partial charge in [-0.2, -0.15) is 0 Å². The highest BCUT2D eigenvalue weighted by Gasteiger charge is 2.23. The standard InChI is InChI=1S/C12H15BrN2O4S/c13-11-2-1-9(7-12(11)15(16)17)8-14-10-3-5-20(18,19)6-4-10/h1-2,7,10,14H,3-6,8H2. The van der Waals surface area contributed by atoms with E-state index >= 15 is 0 Å². The molecule has 0 unspecified atom stereocenters. The first kappa shape index (κ1) is 15.4. The number of rotatable bonds is 4. The van der Waals surface area contributed by atoms with E-state index in [1.54, 1.807) is 6.07 Å². The Bertz CT molecular complexity index is 604. The van der Waals surface area contributed by atoms with Crippen molar-refractivity contribution in [2.24, 2.45) is 0 Å². The van der Waals surface area contributed by atoms with Gasteiger partial charge < -0.3 is 5.32 Å². The molecule has 1 N–H and O–H groups in total. The Balaban J connectivity index is 1.95. The van der Waals surface area contributed by atoms with Crippen LogP contribution in [-0.2, 0) is 16.4 Å². The number of nitrogens with zero attached hydrogens (tertiary/aromatic N) is 1. The molecular weight excluding hydrogens is 348 g/mol. The summed E-state index contributed by atoms with van der Waals surface area (Å²) in [5.74, 6) is 0.427. The molecule has 110 valence electrons. The molecule has 1 aromatic rings. The highest BCUT2D eigenvalue weighted by Crippen LogP contribution is 2.25. The average Bonchev–Trinajstić information content (AvgIpc) is 2.38. The summed E-state index contributed by atoms with van der Waals surface area (Å²) in [5, 5.41) is 14.1. The van der Waals surface area contributed by atoms with E-state index in [-0.39, 0.29) is 23.2 Å². The van der Waals surface area contributed by atoms with Crippen LogP contribution >= 0.6 is 15.9 Å². The van der Waals surface area contributed by atoms with Crippen molar-refractivity contribution < 1.29 is 13.3 Å². The fourth-order valence-electron chi connectivity index (χ4n) is 2.16. The Morgan fingerprint density at radius 1 is 1.35 bits per heavy atom. The molecule has 0 spiro atoms. The van der Waals surface area contributed by atoms with E-state index in [2.05, 4.69) is 21.2 Å². The zero-order chi connectivity index (χ0) is 14.8. The lowest BCUT2D eigenvalue weighted by Crippen LogP contribution is -2.37. The summed E-state index contributed by atoms with van der Waals surface area (Å²) in [5.41, 5.74) is 0.851. The molecule has 0 saturated carbocycles. The minimum Gasteiger partial charge on any atom is -0.310 e. The maximum atomic E-state index is 11.3. The van der Waals surface area contributed by atoms with Gasteiger partial charge in [0.2, 0.25) is 0 Å². The molecule has 2 rings (SSSR count). The van der Waals surface area contributed by atoms with Gasteiger partial charge in [0.15, 0.2) is 0 Å². The molecule has 8 heteroatoms. The van der Waals surface area contributed by atoms with Crippen LogP contribution in [0.4, 0.5) is 5.69 Å². The van der Waals surface area contributed by atoms with Gasteiger partial charge in [0.25, 0.3) is 5.69 Å². The van der Waals surface area contributed by atoms with Crippen molar-refractivity contribution in [3.05, 3.63) is 38.3 Å². The number of hydrogen-bond acceptors (Lipinski definition) is 5. The summed E-state index contributed by atoms with van der Waals surface area (Å²) in [6, 6.07) is 5.14. The Morgan fingerprint density at radius 2 is 2.00 bits per heavy atom. The summed E-state index contributed by atoms with van der Waals surface area (Å²) in [7, 11) is -2.86. The van der Waals surface area contributed by atoms with Crippen molar-refractivity contribution in [3.8, 4) is 0 Å². The van der Waals surface area contributed by atoms with Gasteiger partial charge >= 0.3 is 0 Å². The van der Waals surface area contributed by atoms with Crippen LogP contribution in [0.25, 0.3) is 0 Å². The number of nitrogens with one attached hydrogen (secondary N) is 1. The van der Waals surface area contributed by atoms with Crippen LogP contribution in [0.3, 0.4) is 0 Å². The minimum atomic E-state index is -2.86. The molecule has 20 heavy (non-hydrogen) atoms. The molecule has 0 radical (unpaired) electrons. The summed E-state index contributed by atoms with van der Waals surface area (Å²) < 4.78 is 23.1. The third-order valence-electron chi connectivity index (χ3n) is 3.36. The fraction of sp³-hybridized carbons (Fsp3) is 0.500. The molecule has 1 aliphatic rings. The third-order valence-corrected chi connectivity index (χ3v) is 5.74. The lowest BCUT2D eigenvalue weighted by molar-refractivity contribution is -0.385. The van der Waals surface area contributed by atoms with Crippen molar-refractivity contribution in [3.63, 3.8) is 0 Å². The molecule has 1 saturated heterocycles. The lowest BCUT2D eigenvalue weighted by atomic mass is 10.1. The molecule has 1 aromatic carbocycles. The van der Waals surface area contributed by atoms with E-state index < -0.39 is 14.8 Å². The van der Waals surface area contributed by atoms with Gasteiger partial charge in [0, 0.05) is 18.7 Å². The largest absolute Gasteiger partial charge is 0.310 e. The first-order valence-corrected chi connectivity index (χ1v) is 8.85. The van der Waals surface area contributed by atoms with E-state index in [9.17, 15) is 18.5 Å². The van der Waals surface area contributed by atoms with Gasteiger partial charge in [-0.15, -0.1) is 0 Å². The van der Waals surface area contributed by atoms with Gasteiger partial charge in [-0.05, 0) is 40.4 Å². The van der Waals surface area contributed by atoms with Crippen LogP contribution in [0.1, 0.15) is 18.4 Å². The molecular formula is C12H15BrN2O4S. The Kier molecular flexibility index (Phi) is 4.77. The van der Waals surface area contributed by atoms with Crippen LogP contribution in [-0.4, -0.2) is 30.9 Å². The lowest BCUT2D eigenvalue weighted by Gasteiger charge is -2.23. The van der Waals surface area contributed by atoms with E-state index in [1.165, 1.54) is 6.07 Å². The normalized spacial score (nSPS) is 18.9. The predicted molar refractivity (Wildman–Crippen MR) is 79.3 cm³/mol. The van der Waals surface area contributed by atoms with Crippen LogP contribution < -0.4 is 5.32 Å². The summed E-state index contributed by atoms with van der Waals surface area (Å²) in [4.78, 5) is 10.4. The van der Waals surface area contributed by atoms with E-state index in [1.807, 2.05) is 6.07 Å². The summed E-state index contributed by atoms with van der Waals surface area (Å²) in [6.45, 7) is 0.499. The molecule has 0 aromatic heterocycles. The zero-order valence-electron chi connectivity index (χ0n) is 10.7. The molecule has 6 nitrogen and oxygen atoms in total. The Labute approximate surface area is 125 Å². The molecule has 0 atom stereocenters. The van der Waals surface area contributed by atoms with E-state index in [4.69, 9.17) is 0 Å². The highest BCUT2D eigenvalue weighted by molar-refractivity contribution is 9.10.